The maximum atomic E-state index is 13.1. The number of rotatable bonds is 25. The number of hydrogen-bond donors (Lipinski definition) is 2. The Labute approximate surface area is 365 Å². The van der Waals surface area contributed by atoms with Crippen LogP contribution in [0.2, 0.25) is 0 Å². The van der Waals surface area contributed by atoms with Crippen LogP contribution >= 0.6 is 0 Å². The fourth-order valence-corrected chi connectivity index (χ4v) is 10.8. The lowest BCUT2D eigenvalue weighted by Crippen LogP contribution is -2.62. The molecular weight excluding hydrogens is 779 g/mol. The fraction of sp³-hybridized carbons (Fsp3) is 0.490. The number of benzene rings is 5. The number of hydrogen-bond acceptors (Lipinski definition) is 8. The van der Waals surface area contributed by atoms with Gasteiger partial charge in [-0.2, -0.15) is 9.42 Å². The lowest BCUT2D eigenvalue weighted by Gasteiger charge is -2.55. The van der Waals surface area contributed by atoms with E-state index in [1.165, 1.54) is 117 Å². The lowest BCUT2D eigenvalue weighted by atomic mass is 9.87. The van der Waals surface area contributed by atoms with Crippen LogP contribution in [-0.2, 0) is 10.0 Å². The van der Waals surface area contributed by atoms with Gasteiger partial charge in [0, 0.05) is 48.3 Å². The van der Waals surface area contributed by atoms with Gasteiger partial charge in [-0.05, 0) is 90.6 Å². The van der Waals surface area contributed by atoms with Gasteiger partial charge in [-0.25, -0.2) is 8.42 Å². The largest absolute Gasteiger partial charge is 0.395 e. The molecule has 1 atom stereocenters. The third-order valence-electron chi connectivity index (χ3n) is 12.6. The zero-order valence-corrected chi connectivity index (χ0v) is 38.0. The molecular formula is C51H69N5O4S. The minimum absolute atomic E-state index is 0.0651. The van der Waals surface area contributed by atoms with Gasteiger partial charge in [0.2, 0.25) is 10.0 Å². The summed E-state index contributed by atoms with van der Waals surface area (Å²) >= 11 is 0. The van der Waals surface area contributed by atoms with Crippen LogP contribution in [0.1, 0.15) is 118 Å². The Hall–Kier alpha value is -4.35. The second kappa shape index (κ2) is 22.1. The molecule has 2 N–H and O–H groups in total. The van der Waals surface area contributed by atoms with E-state index >= 15 is 0 Å². The van der Waals surface area contributed by atoms with Crippen molar-refractivity contribution in [2.24, 2.45) is 10.2 Å². The summed E-state index contributed by atoms with van der Waals surface area (Å²) in [5, 5.41) is 32.6. The first-order valence-electron chi connectivity index (χ1n) is 23.1. The number of aliphatic hydroxyl groups is 2. The molecule has 0 spiro atoms. The van der Waals surface area contributed by atoms with Crippen molar-refractivity contribution in [2.45, 2.75) is 128 Å². The first kappa shape index (κ1) is 46.2. The van der Waals surface area contributed by atoms with Gasteiger partial charge in [-0.3, -0.25) is 0 Å². The van der Waals surface area contributed by atoms with Gasteiger partial charge in [0.1, 0.15) is 5.66 Å². The third-order valence-corrected chi connectivity index (χ3v) is 14.5. The summed E-state index contributed by atoms with van der Waals surface area (Å²) in [5.41, 5.74) is 6.17. The van der Waals surface area contributed by atoms with Crippen molar-refractivity contribution >= 4 is 54.3 Å². The normalized spacial score (nSPS) is 15.6. The van der Waals surface area contributed by atoms with Crippen molar-refractivity contribution in [3.8, 4) is 11.1 Å². The average Bonchev–Trinajstić information content (AvgIpc) is 3.27. The number of anilines is 2. The van der Waals surface area contributed by atoms with Crippen molar-refractivity contribution in [2.75, 3.05) is 49.2 Å². The number of nitrogens with zero attached hydrogens (tertiary/aromatic N) is 5. The fourth-order valence-electron chi connectivity index (χ4n) is 9.41. The molecule has 61 heavy (non-hydrogen) atoms. The van der Waals surface area contributed by atoms with Crippen LogP contribution in [-0.4, -0.2) is 68.0 Å². The molecule has 0 saturated heterocycles. The van der Waals surface area contributed by atoms with Crippen LogP contribution in [0, 0.1) is 0 Å². The van der Waals surface area contributed by atoms with E-state index in [9.17, 15) is 18.6 Å². The molecule has 0 aliphatic carbocycles. The van der Waals surface area contributed by atoms with Crippen LogP contribution in [0.4, 0.5) is 22.7 Å². The van der Waals surface area contributed by atoms with Gasteiger partial charge in [0.25, 0.3) is 0 Å². The molecule has 9 nitrogen and oxygen atoms in total. The number of azo groups is 1. The van der Waals surface area contributed by atoms with Gasteiger partial charge in [-0.15, -0.1) is 5.11 Å². The minimum Gasteiger partial charge on any atom is -0.395 e. The Morgan fingerprint density at radius 3 is 1.72 bits per heavy atom. The molecule has 1 aliphatic heterocycles. The lowest BCUT2D eigenvalue weighted by molar-refractivity contribution is 0.217. The average molecular weight is 848 g/mol. The highest BCUT2D eigenvalue weighted by Gasteiger charge is 2.42. The molecule has 0 radical (unpaired) electrons. The summed E-state index contributed by atoms with van der Waals surface area (Å²) in [4.78, 5) is 5.61. The SMILES string of the molecule is CCCCCCCCN1c2cccc3c(-c4ccc(N=Nc5ccc(S(=O)(=O)N(CCO)CCO)cc5)c5ccccc45)ccc(c23)N(CCCCCCCC)C1(C)CCC. The van der Waals surface area contributed by atoms with Crippen LogP contribution in [0.3, 0.4) is 0 Å². The Balaban J connectivity index is 1.37. The molecule has 1 heterocycles. The highest BCUT2D eigenvalue weighted by atomic mass is 32.2. The summed E-state index contributed by atoms with van der Waals surface area (Å²) in [6.45, 7) is 10.6. The molecule has 328 valence electrons. The van der Waals surface area contributed by atoms with Crippen molar-refractivity contribution in [1.82, 2.24) is 4.31 Å². The molecule has 1 unspecified atom stereocenters. The maximum absolute atomic E-state index is 13.1. The van der Waals surface area contributed by atoms with E-state index in [4.69, 9.17) is 0 Å². The van der Waals surface area contributed by atoms with Crippen LogP contribution < -0.4 is 9.80 Å². The van der Waals surface area contributed by atoms with Crippen molar-refractivity contribution in [1.29, 1.82) is 0 Å². The number of unbranched alkanes of at least 4 members (excludes halogenated alkanes) is 10. The van der Waals surface area contributed by atoms with E-state index < -0.39 is 10.0 Å². The predicted molar refractivity (Wildman–Crippen MR) is 255 cm³/mol. The monoisotopic (exact) mass is 848 g/mol. The standard InChI is InChI=1S/C51H69N5O4S/c1-5-8-10-12-14-18-34-55-48-24-20-23-46-44(30-32-49(50(46)48)56(51(55,4)33-7-3)35-19-15-13-11-9-6-2)43-29-31-47(45-22-17-16-21-42(43)45)53-52-40-25-27-41(28-26-40)61(59,60)54(36-38-57)37-39-58/h16-17,20-32,57-58H,5-15,18-19,33-39H2,1-4H3. The highest BCUT2D eigenvalue weighted by molar-refractivity contribution is 7.89. The molecule has 0 aromatic heterocycles. The summed E-state index contributed by atoms with van der Waals surface area (Å²) < 4.78 is 27.3. The first-order chi connectivity index (χ1) is 29.7. The predicted octanol–water partition coefficient (Wildman–Crippen LogP) is 12.9. The smallest absolute Gasteiger partial charge is 0.243 e. The molecule has 0 saturated carbocycles. The van der Waals surface area contributed by atoms with Crippen molar-refractivity contribution in [3.63, 3.8) is 0 Å². The van der Waals surface area contributed by atoms with E-state index in [1.54, 1.807) is 12.1 Å². The summed E-state index contributed by atoms with van der Waals surface area (Å²) in [7, 11) is -3.88. The van der Waals surface area contributed by atoms with Crippen molar-refractivity contribution in [3.05, 3.63) is 91.0 Å². The summed E-state index contributed by atoms with van der Waals surface area (Å²) in [5.74, 6) is 0. The molecule has 0 bridgehead atoms. The molecule has 5 aromatic carbocycles. The Kier molecular flexibility index (Phi) is 16.8. The zero-order valence-electron chi connectivity index (χ0n) is 37.2. The van der Waals surface area contributed by atoms with Crippen LogP contribution in [0.25, 0.3) is 32.7 Å². The summed E-state index contributed by atoms with van der Waals surface area (Å²) in [6.07, 6.45) is 17.5. The van der Waals surface area contributed by atoms with E-state index in [0.717, 1.165) is 52.3 Å². The molecule has 5 aromatic rings. The maximum Gasteiger partial charge on any atom is 0.243 e. The van der Waals surface area contributed by atoms with E-state index in [1.807, 2.05) is 12.1 Å². The first-order valence-corrected chi connectivity index (χ1v) is 24.5. The second-order valence-corrected chi connectivity index (χ2v) is 18.8. The van der Waals surface area contributed by atoms with Gasteiger partial charge < -0.3 is 20.0 Å². The zero-order chi connectivity index (χ0) is 43.2. The van der Waals surface area contributed by atoms with Crippen molar-refractivity contribution < 1.29 is 18.6 Å². The van der Waals surface area contributed by atoms with Gasteiger partial charge >= 0.3 is 0 Å². The van der Waals surface area contributed by atoms with Gasteiger partial charge in [0.15, 0.2) is 0 Å². The van der Waals surface area contributed by atoms with E-state index in [-0.39, 0.29) is 36.9 Å². The topological polar surface area (TPSA) is 109 Å². The third kappa shape index (κ3) is 10.5. The minimum atomic E-state index is -3.88. The van der Waals surface area contributed by atoms with Gasteiger partial charge in [0.05, 0.1) is 29.5 Å². The second-order valence-electron chi connectivity index (χ2n) is 16.9. The van der Waals surface area contributed by atoms with Crippen LogP contribution in [0.15, 0.2) is 106 Å². The Morgan fingerprint density at radius 1 is 0.574 bits per heavy atom. The Bertz CT molecular complexity index is 2280. The molecule has 0 amide bonds. The molecule has 0 fully saturated rings. The van der Waals surface area contributed by atoms with E-state index in [0.29, 0.717) is 5.69 Å². The quantitative estimate of drug-likeness (QED) is 0.0447. The number of aliphatic hydroxyl groups excluding tert-OH is 2. The Morgan fingerprint density at radius 2 is 1.11 bits per heavy atom. The van der Waals surface area contributed by atoms with E-state index in [2.05, 4.69) is 102 Å². The molecule has 1 aliphatic rings. The van der Waals surface area contributed by atoms with Gasteiger partial charge in [-0.1, -0.05) is 140 Å². The number of fused-ring (bicyclic) bond motifs is 1. The molecule has 10 heteroatoms. The number of sulfonamides is 1. The highest BCUT2D eigenvalue weighted by Crippen LogP contribution is 2.50. The van der Waals surface area contributed by atoms with Crippen LogP contribution in [0.5, 0.6) is 0 Å². The molecule has 6 rings (SSSR count). The summed E-state index contributed by atoms with van der Waals surface area (Å²) in [6, 6.07) is 30.4.